The molecule has 0 spiro atoms. The first-order chi connectivity index (χ1) is 2.00. The molecule has 1 radical (unpaired) electrons. The summed E-state index contributed by atoms with van der Waals surface area (Å²) in [6, 6.07) is 0. The number of hydrogen-bond acceptors (Lipinski definition) is 1. The van der Waals surface area contributed by atoms with Gasteiger partial charge in [-0.1, -0.05) is 0 Å². The molecule has 0 heterocycles. The fraction of sp³-hybridized carbons (Fsp3) is 0. The van der Waals surface area contributed by atoms with Crippen molar-refractivity contribution in [2.75, 3.05) is 0 Å². The molecule has 5 N–H and O–H groups in total. The van der Waals surface area contributed by atoms with E-state index in [9.17, 15) is 0 Å². The topological polar surface area (TPSA) is 109 Å². The summed E-state index contributed by atoms with van der Waals surface area (Å²) in [5.41, 5.74) is 0. The summed E-state index contributed by atoms with van der Waals surface area (Å²) in [7, 11) is -4.64. The molecule has 0 aromatic heterocycles. The Morgan fingerprint density at radius 3 is 1.25 bits per heavy atom. The molecule has 0 atom stereocenters. The standard InChI is InChI=1S/Co.K.H3O4P.H2O.H/c;;1-5(2,3)4;;/h;;(H3,1,2,3,4);1H2;/q;+1;;;-1. The van der Waals surface area contributed by atoms with Crippen molar-refractivity contribution >= 4 is 7.82 Å². The van der Waals surface area contributed by atoms with Crippen molar-refractivity contribution in [3.8, 4) is 0 Å². The Balaban J connectivity index is -0.0000000133. The Morgan fingerprint density at radius 2 is 1.25 bits per heavy atom. The van der Waals surface area contributed by atoms with Gasteiger partial charge in [0.05, 0.1) is 0 Å². The fourth-order valence-corrected chi connectivity index (χ4v) is 0. The van der Waals surface area contributed by atoms with E-state index in [1.165, 1.54) is 0 Å². The zero-order valence-corrected chi connectivity index (χ0v) is 9.09. The van der Waals surface area contributed by atoms with Gasteiger partial charge >= 0.3 is 59.2 Å². The monoisotopic (exact) mass is 215 g/mol. The molecule has 0 saturated carbocycles. The average Bonchev–Trinajstić information content (AvgIpc) is 0.722. The molecular formula is H6CoKO5P. The number of hydrogen-bond donors (Lipinski definition) is 3. The average molecular weight is 215 g/mol. The van der Waals surface area contributed by atoms with Crippen molar-refractivity contribution < 1.29 is 94.3 Å². The molecular weight excluding hydrogens is 209 g/mol. The van der Waals surface area contributed by atoms with Gasteiger partial charge in [0.2, 0.25) is 0 Å². The van der Waals surface area contributed by atoms with Crippen LogP contribution in [0, 0.1) is 0 Å². The van der Waals surface area contributed by atoms with E-state index in [2.05, 4.69) is 0 Å². The molecule has 0 saturated heterocycles. The molecule has 0 aromatic rings. The molecule has 0 bridgehead atoms. The van der Waals surface area contributed by atoms with Crippen molar-refractivity contribution in [2.45, 2.75) is 0 Å². The molecule has 0 aromatic carbocycles. The van der Waals surface area contributed by atoms with Gasteiger partial charge in [-0.2, -0.15) is 0 Å². The Kier molecular flexibility index (Phi) is 25.9. The third-order valence-electron chi connectivity index (χ3n) is 0. The summed E-state index contributed by atoms with van der Waals surface area (Å²) in [5, 5.41) is 0. The fourth-order valence-electron chi connectivity index (χ4n) is 0. The Bertz CT molecular complexity index is 63.1. The maximum atomic E-state index is 8.88. The minimum atomic E-state index is -4.64. The van der Waals surface area contributed by atoms with Crippen molar-refractivity contribution in [1.82, 2.24) is 0 Å². The predicted molar refractivity (Wildman–Crippen MR) is 19.0 cm³/mol. The minimum Gasteiger partial charge on any atom is -1.00 e. The second-order valence-electron chi connectivity index (χ2n) is 0.513. The summed E-state index contributed by atoms with van der Waals surface area (Å²) in [6.07, 6.45) is 0. The Labute approximate surface area is 101 Å². The summed E-state index contributed by atoms with van der Waals surface area (Å²) in [6.45, 7) is 0. The van der Waals surface area contributed by atoms with Crippen LogP contribution in [0.25, 0.3) is 0 Å². The first-order valence-electron chi connectivity index (χ1n) is 0.783. The maximum absolute atomic E-state index is 8.88. The van der Waals surface area contributed by atoms with E-state index >= 15 is 0 Å². The summed E-state index contributed by atoms with van der Waals surface area (Å²) in [5.74, 6) is 0. The van der Waals surface area contributed by atoms with Crippen molar-refractivity contribution in [1.29, 1.82) is 0 Å². The van der Waals surface area contributed by atoms with Crippen LogP contribution in [-0.4, -0.2) is 20.2 Å². The van der Waals surface area contributed by atoms with E-state index in [0.29, 0.717) is 0 Å². The van der Waals surface area contributed by atoms with Gasteiger partial charge in [0.25, 0.3) is 0 Å². The van der Waals surface area contributed by atoms with Gasteiger partial charge in [-0.3, -0.25) is 0 Å². The van der Waals surface area contributed by atoms with Gasteiger partial charge in [0.1, 0.15) is 0 Å². The predicted octanol–water partition coefficient (Wildman–Crippen LogP) is -4.64. The largest absolute Gasteiger partial charge is 1.00 e. The summed E-state index contributed by atoms with van der Waals surface area (Å²) < 4.78 is 8.88. The molecule has 0 rings (SSSR count). The van der Waals surface area contributed by atoms with Gasteiger partial charge in [0.15, 0.2) is 0 Å². The molecule has 5 nitrogen and oxygen atoms in total. The molecule has 8 heteroatoms. The molecule has 0 aliphatic rings. The van der Waals surface area contributed by atoms with Crippen LogP contribution >= 0.6 is 7.82 Å². The van der Waals surface area contributed by atoms with E-state index in [4.69, 9.17) is 19.2 Å². The van der Waals surface area contributed by atoms with Gasteiger partial charge < -0.3 is 21.6 Å². The van der Waals surface area contributed by atoms with Gasteiger partial charge in [-0.25, -0.2) is 4.57 Å². The molecule has 0 unspecified atom stereocenters. The second-order valence-corrected chi connectivity index (χ2v) is 1.54. The summed E-state index contributed by atoms with van der Waals surface area (Å²) >= 11 is 0. The number of phosphoric acid groups is 1. The molecule has 0 amide bonds. The van der Waals surface area contributed by atoms with Gasteiger partial charge in [-0.05, 0) is 0 Å². The van der Waals surface area contributed by atoms with Crippen molar-refractivity contribution in [3.05, 3.63) is 0 Å². The molecule has 0 aliphatic heterocycles. The van der Waals surface area contributed by atoms with Crippen molar-refractivity contribution in [2.24, 2.45) is 0 Å². The third kappa shape index (κ3) is 87.3. The first-order valence-corrected chi connectivity index (χ1v) is 2.35. The third-order valence-corrected chi connectivity index (χ3v) is 0. The van der Waals surface area contributed by atoms with Crippen LogP contribution in [0.15, 0.2) is 0 Å². The van der Waals surface area contributed by atoms with Crippen molar-refractivity contribution in [3.63, 3.8) is 0 Å². The normalized spacial score (nSPS) is 7.38. The van der Waals surface area contributed by atoms with Gasteiger partial charge in [0, 0.05) is 16.8 Å². The molecule has 51 valence electrons. The second kappa shape index (κ2) is 9.21. The van der Waals surface area contributed by atoms with Crippen LogP contribution in [0.4, 0.5) is 0 Å². The van der Waals surface area contributed by atoms with E-state index < -0.39 is 7.82 Å². The summed E-state index contributed by atoms with van der Waals surface area (Å²) in [4.78, 5) is 21.6. The van der Waals surface area contributed by atoms with E-state index in [1.807, 2.05) is 0 Å². The minimum absolute atomic E-state index is 0. The Hall–Kier alpha value is 2.21. The van der Waals surface area contributed by atoms with Crippen LogP contribution in [-0.2, 0) is 21.3 Å². The van der Waals surface area contributed by atoms with E-state index in [-0.39, 0.29) is 75.1 Å². The van der Waals surface area contributed by atoms with E-state index in [0.717, 1.165) is 0 Å². The molecule has 8 heavy (non-hydrogen) atoms. The van der Waals surface area contributed by atoms with E-state index in [1.54, 1.807) is 0 Å². The van der Waals surface area contributed by atoms with Crippen LogP contribution < -0.4 is 51.4 Å². The Morgan fingerprint density at radius 1 is 1.25 bits per heavy atom. The SMILES string of the molecule is O.O=P(O)(O)O.[Co].[H-].[K+]. The maximum Gasteiger partial charge on any atom is 1.00 e. The quantitative estimate of drug-likeness (QED) is 0.279. The van der Waals surface area contributed by atoms with Gasteiger partial charge in [-0.15, -0.1) is 0 Å². The number of rotatable bonds is 0. The molecule has 0 fully saturated rings. The van der Waals surface area contributed by atoms with Crippen LogP contribution in [0.3, 0.4) is 0 Å². The zero-order valence-electron chi connectivity index (χ0n) is 5.03. The smallest absolute Gasteiger partial charge is 1.00 e. The zero-order chi connectivity index (χ0) is 4.50. The van der Waals surface area contributed by atoms with Crippen LogP contribution in [0.1, 0.15) is 1.43 Å². The molecule has 0 aliphatic carbocycles. The van der Waals surface area contributed by atoms with Crippen LogP contribution in [0.5, 0.6) is 0 Å². The van der Waals surface area contributed by atoms with Crippen LogP contribution in [0.2, 0.25) is 0 Å². The first kappa shape index (κ1) is 22.5.